The summed E-state index contributed by atoms with van der Waals surface area (Å²) >= 11 is 0. The zero-order valence-corrected chi connectivity index (χ0v) is 19.1. The summed E-state index contributed by atoms with van der Waals surface area (Å²) < 4.78 is 33.7. The van der Waals surface area contributed by atoms with Crippen LogP contribution in [-0.2, 0) is 17.8 Å². The zero-order valence-electron chi connectivity index (χ0n) is 19.1. The first-order valence-corrected chi connectivity index (χ1v) is 11.3. The van der Waals surface area contributed by atoms with Crippen molar-refractivity contribution in [2.75, 3.05) is 5.32 Å². The number of hydrogen-bond donors (Lipinski definition) is 1. The van der Waals surface area contributed by atoms with Crippen molar-refractivity contribution in [3.05, 3.63) is 108 Å². The van der Waals surface area contributed by atoms with E-state index in [0.29, 0.717) is 40.9 Å². The summed E-state index contributed by atoms with van der Waals surface area (Å²) in [4.78, 5) is 21.7. The summed E-state index contributed by atoms with van der Waals surface area (Å²) in [6, 6.07) is 21.5. The molecule has 0 aliphatic carbocycles. The molecule has 0 unspecified atom stereocenters. The van der Waals surface area contributed by atoms with E-state index in [9.17, 15) is 13.6 Å². The SMILES string of the molecule is O=C(CCc1nc(-c2ccc(F)cc2)no1)Nc1c(-c2ccc(F)cc2)ncn1Cc1ccccc1. The highest BCUT2D eigenvalue weighted by Gasteiger charge is 2.17. The standard InChI is InChI=1S/C27H21F2N5O2/c28-21-10-6-19(7-11-21)25-27(34(17-30-25)16-18-4-2-1-3-5-18)31-23(35)14-15-24-32-26(33-36-24)20-8-12-22(29)13-9-20/h1-13,17H,14-16H2,(H,31,35). The number of imidazole rings is 1. The number of hydrogen-bond acceptors (Lipinski definition) is 5. The maximum Gasteiger partial charge on any atom is 0.227 e. The molecule has 1 amide bonds. The van der Waals surface area contributed by atoms with Gasteiger partial charge in [0.2, 0.25) is 17.6 Å². The summed E-state index contributed by atoms with van der Waals surface area (Å²) in [7, 11) is 0. The van der Waals surface area contributed by atoms with Crippen LogP contribution in [0.15, 0.2) is 89.7 Å². The topological polar surface area (TPSA) is 85.8 Å². The molecular formula is C27H21F2N5O2. The quantitative estimate of drug-likeness (QED) is 0.314. The van der Waals surface area contributed by atoms with Gasteiger partial charge in [0.05, 0.1) is 12.9 Å². The van der Waals surface area contributed by atoms with E-state index < -0.39 is 0 Å². The molecular weight excluding hydrogens is 464 g/mol. The van der Waals surface area contributed by atoms with Gasteiger partial charge >= 0.3 is 0 Å². The molecule has 7 nitrogen and oxygen atoms in total. The molecule has 0 saturated carbocycles. The average Bonchev–Trinajstić information content (AvgIpc) is 3.52. The van der Waals surface area contributed by atoms with Crippen LogP contribution in [0.5, 0.6) is 0 Å². The van der Waals surface area contributed by atoms with Crippen LogP contribution in [0.25, 0.3) is 22.6 Å². The summed E-state index contributed by atoms with van der Waals surface area (Å²) in [5.74, 6) is 0.145. The Morgan fingerprint density at radius 1 is 0.889 bits per heavy atom. The molecule has 0 atom stereocenters. The highest BCUT2D eigenvalue weighted by atomic mass is 19.1. The lowest BCUT2D eigenvalue weighted by Crippen LogP contribution is -2.16. The smallest absolute Gasteiger partial charge is 0.227 e. The molecule has 2 aromatic heterocycles. The highest BCUT2D eigenvalue weighted by molar-refractivity contribution is 5.93. The van der Waals surface area contributed by atoms with Gasteiger partial charge < -0.3 is 14.4 Å². The van der Waals surface area contributed by atoms with Crippen LogP contribution in [0.2, 0.25) is 0 Å². The second kappa shape index (κ2) is 10.3. The zero-order chi connectivity index (χ0) is 24.9. The Hall–Kier alpha value is -4.66. The molecule has 9 heteroatoms. The Morgan fingerprint density at radius 3 is 2.25 bits per heavy atom. The van der Waals surface area contributed by atoms with E-state index in [-0.39, 0.29) is 30.4 Å². The Balaban J connectivity index is 1.32. The number of halogens is 2. The van der Waals surface area contributed by atoms with Crippen LogP contribution >= 0.6 is 0 Å². The fourth-order valence-corrected chi connectivity index (χ4v) is 3.72. The van der Waals surface area contributed by atoms with E-state index in [1.165, 1.54) is 24.3 Å². The summed E-state index contributed by atoms with van der Waals surface area (Å²) in [6.07, 6.45) is 1.96. The van der Waals surface area contributed by atoms with Gasteiger partial charge in [-0.05, 0) is 54.1 Å². The largest absolute Gasteiger partial charge is 0.339 e. The van der Waals surface area contributed by atoms with Gasteiger partial charge in [-0.25, -0.2) is 13.8 Å². The first kappa shape index (κ1) is 23.1. The lowest BCUT2D eigenvalue weighted by molar-refractivity contribution is -0.116. The average molecular weight is 485 g/mol. The number of benzene rings is 3. The fraction of sp³-hybridized carbons (Fsp3) is 0.111. The maximum atomic E-state index is 13.5. The first-order chi connectivity index (χ1) is 17.5. The van der Waals surface area contributed by atoms with Gasteiger partial charge in [0.15, 0.2) is 0 Å². The van der Waals surface area contributed by atoms with E-state index in [4.69, 9.17) is 4.52 Å². The van der Waals surface area contributed by atoms with Gasteiger partial charge in [-0.1, -0.05) is 35.5 Å². The third-order valence-electron chi connectivity index (χ3n) is 5.55. The third kappa shape index (κ3) is 5.35. The number of aromatic nitrogens is 4. The molecule has 5 aromatic rings. The number of amides is 1. The molecule has 0 bridgehead atoms. The Kier molecular flexibility index (Phi) is 6.61. The van der Waals surface area contributed by atoms with E-state index in [2.05, 4.69) is 20.4 Å². The van der Waals surface area contributed by atoms with Crippen LogP contribution in [0.1, 0.15) is 17.9 Å². The molecule has 0 saturated heterocycles. The number of anilines is 1. The van der Waals surface area contributed by atoms with E-state index in [1.54, 1.807) is 30.6 Å². The second-order valence-electron chi connectivity index (χ2n) is 8.13. The molecule has 0 spiro atoms. The van der Waals surface area contributed by atoms with E-state index >= 15 is 0 Å². The highest BCUT2D eigenvalue weighted by Crippen LogP contribution is 2.28. The molecule has 0 aliphatic rings. The molecule has 0 radical (unpaired) electrons. The van der Waals surface area contributed by atoms with Gasteiger partial charge in [-0.2, -0.15) is 4.98 Å². The van der Waals surface area contributed by atoms with Crippen molar-refractivity contribution in [2.45, 2.75) is 19.4 Å². The van der Waals surface area contributed by atoms with Gasteiger partial charge in [0.1, 0.15) is 23.1 Å². The van der Waals surface area contributed by atoms with Crippen molar-refractivity contribution in [1.82, 2.24) is 19.7 Å². The molecule has 2 heterocycles. The molecule has 0 fully saturated rings. The fourth-order valence-electron chi connectivity index (χ4n) is 3.72. The van der Waals surface area contributed by atoms with Crippen LogP contribution in [0, 0.1) is 11.6 Å². The van der Waals surface area contributed by atoms with Crippen LogP contribution in [-0.4, -0.2) is 25.6 Å². The number of carbonyl (C=O) groups excluding carboxylic acids is 1. The van der Waals surface area contributed by atoms with Gasteiger partial charge in [-0.3, -0.25) is 4.79 Å². The van der Waals surface area contributed by atoms with Crippen molar-refractivity contribution >= 4 is 11.7 Å². The predicted molar refractivity (Wildman–Crippen MR) is 130 cm³/mol. The van der Waals surface area contributed by atoms with Gasteiger partial charge in [-0.15, -0.1) is 0 Å². The molecule has 3 aromatic carbocycles. The Bertz CT molecular complexity index is 1460. The first-order valence-electron chi connectivity index (χ1n) is 11.3. The molecule has 1 N–H and O–H groups in total. The number of carbonyl (C=O) groups is 1. The Labute approximate surface area is 205 Å². The predicted octanol–water partition coefficient (Wildman–Crippen LogP) is 5.50. The minimum atomic E-state index is -0.356. The van der Waals surface area contributed by atoms with Crippen LogP contribution in [0.4, 0.5) is 14.6 Å². The second-order valence-corrected chi connectivity index (χ2v) is 8.13. The lowest BCUT2D eigenvalue weighted by atomic mass is 10.1. The molecule has 36 heavy (non-hydrogen) atoms. The summed E-state index contributed by atoms with van der Waals surface area (Å²) in [5.41, 5.74) is 2.87. The van der Waals surface area contributed by atoms with Crippen molar-refractivity contribution in [1.29, 1.82) is 0 Å². The molecule has 180 valence electrons. The number of nitrogens with one attached hydrogen (secondary N) is 1. The molecule has 5 rings (SSSR count). The monoisotopic (exact) mass is 485 g/mol. The number of nitrogens with zero attached hydrogens (tertiary/aromatic N) is 4. The minimum absolute atomic E-state index is 0.0877. The molecule has 0 aliphatic heterocycles. The third-order valence-corrected chi connectivity index (χ3v) is 5.55. The summed E-state index contributed by atoms with van der Waals surface area (Å²) in [6.45, 7) is 0.495. The minimum Gasteiger partial charge on any atom is -0.339 e. The van der Waals surface area contributed by atoms with Crippen molar-refractivity contribution in [2.24, 2.45) is 0 Å². The van der Waals surface area contributed by atoms with Gasteiger partial charge in [0.25, 0.3) is 0 Å². The van der Waals surface area contributed by atoms with Gasteiger partial charge in [0, 0.05) is 24.0 Å². The summed E-state index contributed by atoms with van der Waals surface area (Å²) in [5, 5.41) is 6.85. The van der Waals surface area contributed by atoms with Crippen molar-refractivity contribution in [3.63, 3.8) is 0 Å². The van der Waals surface area contributed by atoms with Crippen molar-refractivity contribution in [3.8, 4) is 22.6 Å². The van der Waals surface area contributed by atoms with Crippen molar-refractivity contribution < 1.29 is 18.1 Å². The van der Waals surface area contributed by atoms with Crippen LogP contribution in [0.3, 0.4) is 0 Å². The number of rotatable bonds is 8. The van der Waals surface area contributed by atoms with E-state index in [0.717, 1.165) is 5.56 Å². The Morgan fingerprint density at radius 2 is 1.56 bits per heavy atom. The van der Waals surface area contributed by atoms with E-state index in [1.807, 2.05) is 34.9 Å². The number of aryl methyl sites for hydroxylation is 1. The maximum absolute atomic E-state index is 13.5. The lowest BCUT2D eigenvalue weighted by Gasteiger charge is -2.12. The normalized spacial score (nSPS) is 10.9. The van der Waals surface area contributed by atoms with Crippen LogP contribution < -0.4 is 5.32 Å².